The van der Waals surface area contributed by atoms with Gasteiger partial charge in [0.25, 0.3) is 0 Å². The fraction of sp³-hybridized carbons (Fsp3) is 0.350. The fourth-order valence-corrected chi connectivity index (χ4v) is 2.57. The molecule has 4 heteroatoms. The summed E-state index contributed by atoms with van der Waals surface area (Å²) in [5, 5.41) is 3.02. The van der Waals surface area contributed by atoms with Gasteiger partial charge in [0.2, 0.25) is 5.91 Å². The smallest absolute Gasteiger partial charge is 0.234 e. The number of hydrogen-bond donors (Lipinski definition) is 1. The van der Waals surface area contributed by atoms with Crippen molar-refractivity contribution in [1.82, 2.24) is 10.2 Å². The van der Waals surface area contributed by atoms with Gasteiger partial charge in [-0.2, -0.15) is 0 Å². The molecule has 0 bridgehead atoms. The van der Waals surface area contributed by atoms with Gasteiger partial charge in [-0.3, -0.25) is 9.69 Å². The number of carbonyl (C=O) groups excluding carboxylic acids is 1. The maximum absolute atomic E-state index is 12.1. The van der Waals surface area contributed by atoms with Crippen molar-refractivity contribution in [2.24, 2.45) is 0 Å². The lowest BCUT2D eigenvalue weighted by Crippen LogP contribution is -2.36. The van der Waals surface area contributed by atoms with Crippen LogP contribution in [0.3, 0.4) is 0 Å². The lowest BCUT2D eigenvalue weighted by atomic mass is 10.0. The van der Waals surface area contributed by atoms with Crippen LogP contribution in [-0.2, 0) is 11.3 Å². The number of nitrogens with zero attached hydrogens (tertiary/aromatic N) is 1. The van der Waals surface area contributed by atoms with Gasteiger partial charge in [0.1, 0.15) is 5.75 Å². The van der Waals surface area contributed by atoms with Crippen molar-refractivity contribution >= 4 is 5.91 Å². The van der Waals surface area contributed by atoms with Gasteiger partial charge in [-0.1, -0.05) is 49.4 Å². The standard InChI is InChI=1S/C20H26N2O2/c1-16(18-7-5-4-6-8-18)13-21-20(23)15-22(2)14-17-9-11-19(24-3)12-10-17/h4-12,16H,13-15H2,1-3H3,(H,21,23)/t16-/m1/s1. The molecule has 128 valence electrons. The average molecular weight is 326 g/mol. The number of nitrogens with one attached hydrogen (secondary N) is 1. The van der Waals surface area contributed by atoms with Crippen LogP contribution in [0.4, 0.5) is 0 Å². The van der Waals surface area contributed by atoms with Gasteiger partial charge in [-0.15, -0.1) is 0 Å². The van der Waals surface area contributed by atoms with Gasteiger partial charge in [0.05, 0.1) is 13.7 Å². The number of likely N-dealkylation sites (N-methyl/N-ethyl adjacent to an activating group) is 1. The zero-order valence-corrected chi connectivity index (χ0v) is 14.7. The zero-order valence-electron chi connectivity index (χ0n) is 14.7. The maximum atomic E-state index is 12.1. The Balaban J connectivity index is 1.74. The summed E-state index contributed by atoms with van der Waals surface area (Å²) in [7, 11) is 3.60. The molecule has 0 radical (unpaired) electrons. The summed E-state index contributed by atoms with van der Waals surface area (Å²) in [6.45, 7) is 3.88. The summed E-state index contributed by atoms with van der Waals surface area (Å²) in [6.07, 6.45) is 0. The highest BCUT2D eigenvalue weighted by Crippen LogP contribution is 2.13. The van der Waals surface area contributed by atoms with Crippen molar-refractivity contribution in [2.75, 3.05) is 27.2 Å². The molecule has 4 nitrogen and oxygen atoms in total. The molecule has 1 N–H and O–H groups in total. The highest BCUT2D eigenvalue weighted by Gasteiger charge is 2.10. The zero-order chi connectivity index (χ0) is 17.4. The molecule has 0 spiro atoms. The molecule has 0 aliphatic rings. The molecular weight excluding hydrogens is 300 g/mol. The molecule has 2 aromatic rings. The van der Waals surface area contributed by atoms with Crippen LogP contribution in [0.5, 0.6) is 5.75 Å². The number of methoxy groups -OCH3 is 1. The van der Waals surface area contributed by atoms with E-state index in [0.717, 1.165) is 17.9 Å². The van der Waals surface area contributed by atoms with Crippen molar-refractivity contribution in [1.29, 1.82) is 0 Å². The largest absolute Gasteiger partial charge is 0.497 e. The Labute approximate surface area is 144 Å². The Morgan fingerprint density at radius 3 is 2.42 bits per heavy atom. The number of benzene rings is 2. The van der Waals surface area contributed by atoms with Gasteiger partial charge in [0.15, 0.2) is 0 Å². The monoisotopic (exact) mass is 326 g/mol. The number of hydrogen-bond acceptors (Lipinski definition) is 3. The third kappa shape index (κ3) is 5.70. The van der Waals surface area contributed by atoms with Gasteiger partial charge in [0, 0.05) is 13.1 Å². The van der Waals surface area contributed by atoms with E-state index in [1.807, 2.05) is 54.4 Å². The summed E-state index contributed by atoms with van der Waals surface area (Å²) in [5.74, 6) is 1.20. The van der Waals surface area contributed by atoms with Crippen LogP contribution >= 0.6 is 0 Å². The minimum atomic E-state index is 0.0498. The van der Waals surface area contributed by atoms with Gasteiger partial charge < -0.3 is 10.1 Å². The molecule has 0 heterocycles. The van der Waals surface area contributed by atoms with E-state index in [-0.39, 0.29) is 5.91 Å². The van der Waals surface area contributed by atoms with Crippen molar-refractivity contribution in [2.45, 2.75) is 19.4 Å². The van der Waals surface area contributed by atoms with Crippen LogP contribution in [0, 0.1) is 0 Å². The van der Waals surface area contributed by atoms with Crippen molar-refractivity contribution in [3.63, 3.8) is 0 Å². The molecule has 1 amide bonds. The first kappa shape index (κ1) is 18.0. The lowest BCUT2D eigenvalue weighted by Gasteiger charge is -2.18. The van der Waals surface area contributed by atoms with E-state index in [9.17, 15) is 4.79 Å². The predicted molar refractivity (Wildman–Crippen MR) is 97.2 cm³/mol. The molecule has 0 fully saturated rings. The average Bonchev–Trinajstić information content (AvgIpc) is 2.61. The Hall–Kier alpha value is -2.33. The summed E-state index contributed by atoms with van der Waals surface area (Å²) >= 11 is 0. The minimum absolute atomic E-state index is 0.0498. The van der Waals surface area contributed by atoms with Crippen LogP contribution in [0.15, 0.2) is 54.6 Å². The van der Waals surface area contributed by atoms with E-state index in [0.29, 0.717) is 19.0 Å². The van der Waals surface area contributed by atoms with Gasteiger partial charge in [-0.25, -0.2) is 0 Å². The number of amides is 1. The third-order valence-electron chi connectivity index (χ3n) is 4.00. The van der Waals surface area contributed by atoms with Gasteiger partial charge in [-0.05, 0) is 36.2 Å². The van der Waals surface area contributed by atoms with E-state index in [1.54, 1.807) is 7.11 Å². The first-order valence-corrected chi connectivity index (χ1v) is 8.21. The van der Waals surface area contributed by atoms with Crippen LogP contribution in [-0.4, -0.2) is 38.1 Å². The number of carbonyl (C=O) groups is 1. The molecule has 2 aromatic carbocycles. The third-order valence-corrected chi connectivity index (χ3v) is 4.00. The minimum Gasteiger partial charge on any atom is -0.497 e. The second-order valence-corrected chi connectivity index (χ2v) is 6.14. The Morgan fingerprint density at radius 2 is 1.79 bits per heavy atom. The number of rotatable bonds is 8. The highest BCUT2D eigenvalue weighted by molar-refractivity contribution is 5.78. The Morgan fingerprint density at radius 1 is 1.12 bits per heavy atom. The van der Waals surface area contributed by atoms with Crippen LogP contribution in [0.1, 0.15) is 24.0 Å². The van der Waals surface area contributed by atoms with E-state index in [4.69, 9.17) is 4.74 Å². The van der Waals surface area contributed by atoms with Crippen molar-refractivity contribution in [3.8, 4) is 5.75 Å². The summed E-state index contributed by atoms with van der Waals surface area (Å²) in [4.78, 5) is 14.1. The van der Waals surface area contributed by atoms with E-state index >= 15 is 0 Å². The van der Waals surface area contributed by atoms with Crippen LogP contribution in [0.2, 0.25) is 0 Å². The fourth-order valence-electron chi connectivity index (χ4n) is 2.57. The molecule has 1 atom stereocenters. The molecular formula is C20H26N2O2. The second kappa shape index (κ2) is 9.08. The first-order chi connectivity index (χ1) is 11.6. The number of ether oxygens (including phenoxy) is 1. The lowest BCUT2D eigenvalue weighted by molar-refractivity contribution is -0.122. The molecule has 2 rings (SSSR count). The molecule has 0 aromatic heterocycles. The SMILES string of the molecule is COc1ccc(CN(C)CC(=O)NC[C@@H](C)c2ccccc2)cc1. The highest BCUT2D eigenvalue weighted by atomic mass is 16.5. The quantitative estimate of drug-likeness (QED) is 0.811. The van der Waals surface area contributed by atoms with E-state index in [1.165, 1.54) is 5.56 Å². The second-order valence-electron chi connectivity index (χ2n) is 6.14. The Kier molecular flexibility index (Phi) is 6.82. The van der Waals surface area contributed by atoms with E-state index in [2.05, 4.69) is 24.4 Å². The topological polar surface area (TPSA) is 41.6 Å². The summed E-state index contributed by atoms with van der Waals surface area (Å²) in [5.41, 5.74) is 2.40. The molecule has 0 saturated heterocycles. The van der Waals surface area contributed by atoms with Crippen molar-refractivity contribution < 1.29 is 9.53 Å². The van der Waals surface area contributed by atoms with Gasteiger partial charge >= 0.3 is 0 Å². The maximum Gasteiger partial charge on any atom is 0.234 e. The molecule has 24 heavy (non-hydrogen) atoms. The predicted octanol–water partition coefficient (Wildman–Crippen LogP) is 3.05. The van der Waals surface area contributed by atoms with Crippen molar-refractivity contribution in [3.05, 3.63) is 65.7 Å². The molecule has 0 saturated carbocycles. The molecule has 0 unspecified atom stereocenters. The summed E-state index contributed by atoms with van der Waals surface area (Å²) < 4.78 is 5.15. The van der Waals surface area contributed by atoms with Crippen LogP contribution in [0.25, 0.3) is 0 Å². The normalized spacial score (nSPS) is 12.0. The van der Waals surface area contributed by atoms with E-state index < -0.39 is 0 Å². The van der Waals surface area contributed by atoms with Crippen LogP contribution < -0.4 is 10.1 Å². The Bertz CT molecular complexity index is 626. The molecule has 0 aliphatic carbocycles. The molecule has 0 aliphatic heterocycles. The summed E-state index contributed by atoms with van der Waals surface area (Å²) in [6, 6.07) is 18.1. The first-order valence-electron chi connectivity index (χ1n) is 8.21.